The molecule has 0 spiro atoms. The number of H-pyrrole nitrogens is 1. The topological polar surface area (TPSA) is 78.1 Å². The van der Waals surface area contributed by atoms with Crippen LogP contribution >= 0.6 is 0 Å². The van der Waals surface area contributed by atoms with E-state index in [0.29, 0.717) is 25.2 Å². The predicted octanol–water partition coefficient (Wildman–Crippen LogP) is 2.57. The normalized spacial score (nSPS) is 16.7. The quantitative estimate of drug-likeness (QED) is 0.737. The molecule has 0 aliphatic carbocycles. The van der Waals surface area contributed by atoms with E-state index in [2.05, 4.69) is 15.5 Å². The first-order valence-electron chi connectivity index (χ1n) is 9.38. The number of carbonyl (C=O) groups is 2. The monoisotopic (exact) mass is 374 g/mol. The average molecular weight is 374 g/mol. The Morgan fingerprint density at radius 2 is 1.79 bits per heavy atom. The molecule has 28 heavy (non-hydrogen) atoms. The Morgan fingerprint density at radius 1 is 1.11 bits per heavy atom. The number of nitrogens with one attached hydrogen (secondary N) is 2. The summed E-state index contributed by atoms with van der Waals surface area (Å²) in [6.07, 6.45) is 0.483. The van der Waals surface area contributed by atoms with Crippen LogP contribution in [0.15, 0.2) is 60.7 Å². The fraction of sp³-hybridized carbons (Fsp3) is 0.227. The van der Waals surface area contributed by atoms with Crippen LogP contribution in [0.5, 0.6) is 0 Å². The van der Waals surface area contributed by atoms with E-state index in [4.69, 9.17) is 0 Å². The van der Waals surface area contributed by atoms with Gasteiger partial charge in [-0.15, -0.1) is 0 Å². The lowest BCUT2D eigenvalue weighted by atomic mass is 10.0. The second-order valence-corrected chi connectivity index (χ2v) is 6.93. The number of hydrogen-bond acceptors (Lipinski definition) is 3. The number of aromatic amines is 1. The molecule has 142 valence electrons. The van der Waals surface area contributed by atoms with Crippen LogP contribution in [0.1, 0.15) is 21.6 Å². The van der Waals surface area contributed by atoms with Gasteiger partial charge in [-0.1, -0.05) is 60.7 Å². The van der Waals surface area contributed by atoms with Crippen LogP contribution in [0.4, 0.5) is 0 Å². The average Bonchev–Trinajstić information content (AvgIpc) is 3.12. The lowest BCUT2D eigenvalue weighted by Crippen LogP contribution is -2.58. The summed E-state index contributed by atoms with van der Waals surface area (Å²) in [5.41, 5.74) is 3.96. The molecule has 0 saturated carbocycles. The van der Waals surface area contributed by atoms with E-state index in [1.807, 2.05) is 67.6 Å². The van der Waals surface area contributed by atoms with Gasteiger partial charge >= 0.3 is 0 Å². The highest BCUT2D eigenvalue weighted by Gasteiger charge is 2.35. The van der Waals surface area contributed by atoms with Gasteiger partial charge in [0.15, 0.2) is 0 Å². The van der Waals surface area contributed by atoms with Gasteiger partial charge in [0.1, 0.15) is 11.7 Å². The third kappa shape index (κ3) is 3.41. The van der Waals surface area contributed by atoms with Gasteiger partial charge in [0, 0.05) is 30.6 Å². The third-order valence-corrected chi connectivity index (χ3v) is 5.13. The molecule has 6 heteroatoms. The summed E-state index contributed by atoms with van der Waals surface area (Å²) < 4.78 is 0. The number of benzene rings is 2. The summed E-state index contributed by atoms with van der Waals surface area (Å²) >= 11 is 0. The lowest BCUT2D eigenvalue weighted by Gasteiger charge is -2.35. The van der Waals surface area contributed by atoms with E-state index in [-0.39, 0.29) is 11.8 Å². The van der Waals surface area contributed by atoms with Gasteiger partial charge in [-0.2, -0.15) is 5.10 Å². The van der Waals surface area contributed by atoms with Crippen molar-refractivity contribution in [2.24, 2.45) is 0 Å². The van der Waals surface area contributed by atoms with Gasteiger partial charge in [-0.25, -0.2) is 0 Å². The predicted molar refractivity (Wildman–Crippen MR) is 107 cm³/mol. The highest BCUT2D eigenvalue weighted by Crippen LogP contribution is 2.24. The molecule has 0 unspecified atom stereocenters. The Labute approximate surface area is 163 Å². The summed E-state index contributed by atoms with van der Waals surface area (Å²) in [4.78, 5) is 27.5. The van der Waals surface area contributed by atoms with Crippen molar-refractivity contribution >= 4 is 11.8 Å². The van der Waals surface area contributed by atoms with Crippen LogP contribution in [-0.4, -0.2) is 46.0 Å². The first kappa shape index (κ1) is 18.0. The molecule has 1 saturated heterocycles. The lowest BCUT2D eigenvalue weighted by molar-refractivity contribution is -0.127. The Kier molecular flexibility index (Phi) is 4.93. The van der Waals surface area contributed by atoms with Crippen molar-refractivity contribution < 1.29 is 9.59 Å². The van der Waals surface area contributed by atoms with Gasteiger partial charge in [0.25, 0.3) is 5.91 Å². The standard InChI is InChI=1S/C22H22N4O2/c1-15-19(17-10-6-3-7-11-17)24-25-20(15)22(28)26-13-12-23-21(27)18(26)14-16-8-4-2-5-9-16/h2-11,18H,12-14H2,1H3,(H,23,27)(H,24,25)/t18-/m0/s1. The van der Waals surface area contributed by atoms with Crippen LogP contribution in [0.3, 0.4) is 0 Å². The van der Waals surface area contributed by atoms with Gasteiger partial charge in [-0.3, -0.25) is 14.7 Å². The van der Waals surface area contributed by atoms with Crippen LogP contribution in [0, 0.1) is 6.92 Å². The van der Waals surface area contributed by atoms with E-state index in [1.165, 1.54) is 0 Å². The molecule has 1 aromatic heterocycles. The maximum Gasteiger partial charge on any atom is 0.272 e. The SMILES string of the molecule is Cc1c(-c2ccccc2)n[nH]c1C(=O)N1CCNC(=O)[C@@H]1Cc1ccccc1. The highest BCUT2D eigenvalue weighted by molar-refractivity contribution is 5.99. The first-order chi connectivity index (χ1) is 13.6. The zero-order chi connectivity index (χ0) is 19.5. The fourth-order valence-corrected chi connectivity index (χ4v) is 3.62. The van der Waals surface area contributed by atoms with Crippen LogP contribution in [0.25, 0.3) is 11.3 Å². The van der Waals surface area contributed by atoms with Crippen LogP contribution < -0.4 is 5.32 Å². The van der Waals surface area contributed by atoms with Gasteiger partial charge in [0.2, 0.25) is 5.91 Å². The summed E-state index contributed by atoms with van der Waals surface area (Å²) in [6, 6.07) is 19.0. The molecule has 1 aliphatic heterocycles. The van der Waals surface area contributed by atoms with Crippen molar-refractivity contribution in [1.29, 1.82) is 0 Å². The first-order valence-corrected chi connectivity index (χ1v) is 9.38. The molecule has 4 rings (SSSR count). The van der Waals surface area contributed by atoms with E-state index in [1.54, 1.807) is 4.90 Å². The van der Waals surface area contributed by atoms with Crippen molar-refractivity contribution in [1.82, 2.24) is 20.4 Å². The largest absolute Gasteiger partial charge is 0.353 e. The molecule has 2 heterocycles. The number of hydrogen-bond donors (Lipinski definition) is 2. The van der Waals surface area contributed by atoms with Gasteiger partial charge < -0.3 is 10.2 Å². The van der Waals surface area contributed by atoms with Crippen LogP contribution in [-0.2, 0) is 11.2 Å². The van der Waals surface area contributed by atoms with E-state index in [0.717, 1.165) is 22.4 Å². The zero-order valence-corrected chi connectivity index (χ0v) is 15.7. The summed E-state index contributed by atoms with van der Waals surface area (Å²) in [7, 11) is 0. The smallest absolute Gasteiger partial charge is 0.272 e. The summed E-state index contributed by atoms with van der Waals surface area (Å²) in [6.45, 7) is 2.81. The van der Waals surface area contributed by atoms with E-state index >= 15 is 0 Å². The molecule has 2 amide bonds. The number of nitrogens with zero attached hydrogens (tertiary/aromatic N) is 2. The van der Waals surface area contributed by atoms with Crippen LogP contribution in [0.2, 0.25) is 0 Å². The summed E-state index contributed by atoms with van der Waals surface area (Å²) in [5, 5.41) is 10.1. The zero-order valence-electron chi connectivity index (χ0n) is 15.7. The molecular weight excluding hydrogens is 352 g/mol. The molecule has 6 nitrogen and oxygen atoms in total. The van der Waals surface area contributed by atoms with Crippen molar-refractivity contribution in [3.05, 3.63) is 77.5 Å². The summed E-state index contributed by atoms with van der Waals surface area (Å²) in [5.74, 6) is -0.313. The number of carbonyl (C=O) groups excluding carboxylic acids is 2. The molecule has 1 atom stereocenters. The molecule has 0 radical (unpaired) electrons. The number of rotatable bonds is 4. The second-order valence-electron chi connectivity index (χ2n) is 6.93. The van der Waals surface area contributed by atoms with Gasteiger partial charge in [-0.05, 0) is 12.5 Å². The molecule has 3 aromatic rings. The van der Waals surface area contributed by atoms with E-state index < -0.39 is 6.04 Å². The molecule has 2 N–H and O–H groups in total. The number of amides is 2. The molecular formula is C22H22N4O2. The number of piperazine rings is 1. The maximum atomic E-state index is 13.3. The Balaban J connectivity index is 1.62. The molecule has 0 bridgehead atoms. The Morgan fingerprint density at radius 3 is 2.50 bits per heavy atom. The minimum atomic E-state index is -0.536. The number of aromatic nitrogens is 2. The van der Waals surface area contributed by atoms with Crippen molar-refractivity contribution in [2.75, 3.05) is 13.1 Å². The Bertz CT molecular complexity index is 982. The van der Waals surface area contributed by atoms with Gasteiger partial charge in [0.05, 0.1) is 5.69 Å². The minimum absolute atomic E-state index is 0.121. The Hall–Kier alpha value is -3.41. The van der Waals surface area contributed by atoms with E-state index in [9.17, 15) is 9.59 Å². The molecule has 1 fully saturated rings. The third-order valence-electron chi connectivity index (χ3n) is 5.13. The highest BCUT2D eigenvalue weighted by atomic mass is 16.2. The molecule has 1 aliphatic rings. The minimum Gasteiger partial charge on any atom is -0.353 e. The fourth-order valence-electron chi connectivity index (χ4n) is 3.62. The second kappa shape index (κ2) is 7.68. The van der Waals surface area contributed by atoms with Crippen molar-refractivity contribution in [3.8, 4) is 11.3 Å². The van der Waals surface area contributed by atoms with Crippen molar-refractivity contribution in [2.45, 2.75) is 19.4 Å². The maximum absolute atomic E-state index is 13.3. The van der Waals surface area contributed by atoms with Crippen molar-refractivity contribution in [3.63, 3.8) is 0 Å². The molecule has 2 aromatic carbocycles.